The summed E-state index contributed by atoms with van der Waals surface area (Å²) in [6.07, 6.45) is 4.85. The Kier molecular flexibility index (Phi) is 5.17. The van der Waals surface area contributed by atoms with Crippen molar-refractivity contribution in [2.75, 3.05) is 6.26 Å². The molecule has 0 aliphatic heterocycles. The Labute approximate surface area is 113 Å². The van der Waals surface area contributed by atoms with E-state index in [0.717, 1.165) is 36.5 Å². The molecule has 5 nitrogen and oxygen atoms in total. The van der Waals surface area contributed by atoms with Crippen LogP contribution in [0.5, 0.6) is 5.88 Å². The van der Waals surface area contributed by atoms with Crippen molar-refractivity contribution in [3.8, 4) is 5.88 Å². The lowest BCUT2D eigenvalue weighted by molar-refractivity contribution is 0.383. The van der Waals surface area contributed by atoms with Gasteiger partial charge in [-0.15, -0.1) is 0 Å². The molecular formula is C13H21NO4S. The highest BCUT2D eigenvalue weighted by atomic mass is 32.2. The predicted molar refractivity (Wildman–Crippen MR) is 74.4 cm³/mol. The van der Waals surface area contributed by atoms with Gasteiger partial charge in [-0.2, -0.15) is 0 Å². The van der Waals surface area contributed by atoms with E-state index in [1.54, 1.807) is 0 Å². The number of nitrogens with zero attached hydrogens (tertiary/aromatic N) is 1. The first-order valence-electron chi connectivity index (χ1n) is 6.42. The third-order valence-corrected chi connectivity index (χ3v) is 4.28. The van der Waals surface area contributed by atoms with Crippen LogP contribution in [0, 0.1) is 6.92 Å². The quantitative estimate of drug-likeness (QED) is 0.810. The zero-order chi connectivity index (χ0) is 14.6. The summed E-state index contributed by atoms with van der Waals surface area (Å²) in [6, 6.07) is 1.26. The van der Waals surface area contributed by atoms with Gasteiger partial charge in [0.05, 0.1) is 0 Å². The summed E-state index contributed by atoms with van der Waals surface area (Å²) in [5.74, 6) is -0.441. The van der Waals surface area contributed by atoms with Crippen LogP contribution in [0.3, 0.4) is 0 Å². The molecular weight excluding hydrogens is 266 g/mol. The van der Waals surface area contributed by atoms with Crippen LogP contribution < -0.4 is 5.56 Å². The molecule has 108 valence electrons. The highest BCUT2D eigenvalue weighted by Gasteiger charge is 2.20. The summed E-state index contributed by atoms with van der Waals surface area (Å²) in [4.78, 5) is 11.7. The second-order valence-electron chi connectivity index (χ2n) is 4.80. The summed E-state index contributed by atoms with van der Waals surface area (Å²) < 4.78 is 24.4. The fraction of sp³-hybridized carbons (Fsp3) is 0.615. The van der Waals surface area contributed by atoms with Crippen LogP contribution in [0.15, 0.2) is 15.8 Å². The summed E-state index contributed by atoms with van der Waals surface area (Å²) in [7, 11) is -3.55. The van der Waals surface area contributed by atoms with Gasteiger partial charge < -0.3 is 5.11 Å². The molecule has 0 amide bonds. The molecule has 0 atom stereocenters. The monoisotopic (exact) mass is 287 g/mol. The van der Waals surface area contributed by atoms with Gasteiger partial charge in [-0.1, -0.05) is 26.2 Å². The summed E-state index contributed by atoms with van der Waals surface area (Å²) in [5.41, 5.74) is -0.0753. The van der Waals surface area contributed by atoms with Gasteiger partial charge in [0.25, 0.3) is 5.56 Å². The molecule has 1 rings (SSSR count). The standard InChI is InChI=1S/C13H21NO4S/c1-4-5-6-7-8-14-11(15)9-10(2)12(13(14)16)19(3,17)18/h9,16H,4-8H2,1-3H3. The number of pyridine rings is 1. The minimum atomic E-state index is -3.55. The molecule has 0 unspecified atom stereocenters. The van der Waals surface area contributed by atoms with Gasteiger partial charge >= 0.3 is 0 Å². The SMILES string of the molecule is CCCCCCn1c(O)c(S(C)(=O)=O)c(C)cc1=O. The van der Waals surface area contributed by atoms with Crippen LogP contribution in [0.4, 0.5) is 0 Å². The Morgan fingerprint density at radius 2 is 1.89 bits per heavy atom. The molecule has 6 heteroatoms. The van der Waals surface area contributed by atoms with Gasteiger partial charge in [-0.05, 0) is 18.9 Å². The van der Waals surface area contributed by atoms with Crippen molar-refractivity contribution in [3.63, 3.8) is 0 Å². The van der Waals surface area contributed by atoms with Crippen LogP contribution in [0.25, 0.3) is 0 Å². The number of hydrogen-bond donors (Lipinski definition) is 1. The van der Waals surface area contributed by atoms with Crippen molar-refractivity contribution in [1.82, 2.24) is 4.57 Å². The van der Waals surface area contributed by atoms with Crippen LogP contribution in [-0.2, 0) is 16.4 Å². The van der Waals surface area contributed by atoms with Gasteiger partial charge in [0, 0.05) is 18.9 Å². The zero-order valence-electron chi connectivity index (χ0n) is 11.6. The van der Waals surface area contributed by atoms with Gasteiger partial charge in [0.2, 0.25) is 5.88 Å². The summed E-state index contributed by atoms with van der Waals surface area (Å²) in [5, 5.41) is 10.0. The number of unbranched alkanes of at least 4 members (excludes halogenated alkanes) is 3. The number of aromatic hydroxyl groups is 1. The summed E-state index contributed by atoms with van der Waals surface area (Å²) in [6.45, 7) is 3.93. The molecule has 0 saturated heterocycles. The van der Waals surface area contributed by atoms with Gasteiger partial charge in [-0.3, -0.25) is 9.36 Å². The lowest BCUT2D eigenvalue weighted by atomic mass is 10.2. The molecule has 0 bridgehead atoms. The molecule has 19 heavy (non-hydrogen) atoms. The van der Waals surface area contributed by atoms with Crippen molar-refractivity contribution >= 4 is 9.84 Å². The van der Waals surface area contributed by atoms with E-state index >= 15 is 0 Å². The van der Waals surface area contributed by atoms with E-state index in [4.69, 9.17) is 0 Å². The fourth-order valence-corrected chi connectivity index (χ4v) is 3.19. The van der Waals surface area contributed by atoms with E-state index in [9.17, 15) is 18.3 Å². The van der Waals surface area contributed by atoms with Crippen molar-refractivity contribution in [1.29, 1.82) is 0 Å². The van der Waals surface area contributed by atoms with Crippen LogP contribution in [-0.4, -0.2) is 24.3 Å². The maximum atomic E-state index is 11.8. The minimum absolute atomic E-state index is 0.150. The molecule has 1 aromatic rings. The largest absolute Gasteiger partial charge is 0.493 e. The Hall–Kier alpha value is -1.30. The van der Waals surface area contributed by atoms with Crippen LogP contribution in [0.1, 0.15) is 38.2 Å². The number of hydrogen-bond acceptors (Lipinski definition) is 4. The minimum Gasteiger partial charge on any atom is -0.493 e. The maximum Gasteiger partial charge on any atom is 0.253 e. The Balaban J connectivity index is 3.16. The fourth-order valence-electron chi connectivity index (χ4n) is 2.10. The van der Waals surface area contributed by atoms with Crippen LogP contribution >= 0.6 is 0 Å². The molecule has 0 aliphatic rings. The molecule has 0 radical (unpaired) electrons. The second-order valence-corrected chi connectivity index (χ2v) is 6.76. The van der Waals surface area contributed by atoms with E-state index in [1.807, 2.05) is 0 Å². The first-order valence-corrected chi connectivity index (χ1v) is 8.31. The van der Waals surface area contributed by atoms with Gasteiger partial charge in [-0.25, -0.2) is 8.42 Å². The first-order chi connectivity index (χ1) is 8.79. The topological polar surface area (TPSA) is 76.4 Å². The summed E-state index contributed by atoms with van der Waals surface area (Å²) >= 11 is 0. The normalized spacial score (nSPS) is 11.7. The second kappa shape index (κ2) is 6.23. The molecule has 0 aromatic carbocycles. The van der Waals surface area contributed by atoms with E-state index < -0.39 is 15.7 Å². The van der Waals surface area contributed by atoms with Crippen LogP contribution in [0.2, 0.25) is 0 Å². The van der Waals surface area contributed by atoms with Crippen molar-refractivity contribution < 1.29 is 13.5 Å². The van der Waals surface area contributed by atoms with Crippen molar-refractivity contribution in [2.24, 2.45) is 0 Å². The number of aryl methyl sites for hydroxylation is 1. The first kappa shape index (κ1) is 15.8. The Bertz CT molecular complexity index is 602. The average molecular weight is 287 g/mol. The molecule has 1 aromatic heterocycles. The van der Waals surface area contributed by atoms with E-state index in [2.05, 4.69) is 6.92 Å². The number of sulfone groups is 1. The number of aromatic nitrogens is 1. The predicted octanol–water partition coefficient (Wildman–Crippen LogP) is 1.85. The molecule has 1 heterocycles. The highest BCUT2D eigenvalue weighted by Crippen LogP contribution is 2.24. The van der Waals surface area contributed by atoms with E-state index in [1.165, 1.54) is 13.0 Å². The van der Waals surface area contributed by atoms with Gasteiger partial charge in [0.15, 0.2) is 9.84 Å². The Morgan fingerprint density at radius 3 is 2.42 bits per heavy atom. The molecule has 0 spiro atoms. The lowest BCUT2D eigenvalue weighted by Crippen LogP contribution is -2.22. The zero-order valence-corrected chi connectivity index (χ0v) is 12.5. The highest BCUT2D eigenvalue weighted by molar-refractivity contribution is 7.90. The van der Waals surface area contributed by atoms with E-state index in [-0.39, 0.29) is 16.0 Å². The maximum absolute atomic E-state index is 11.8. The third-order valence-electron chi connectivity index (χ3n) is 3.03. The van der Waals surface area contributed by atoms with Crippen molar-refractivity contribution in [3.05, 3.63) is 22.0 Å². The van der Waals surface area contributed by atoms with Gasteiger partial charge in [0.1, 0.15) is 4.90 Å². The average Bonchev–Trinajstić information content (AvgIpc) is 2.25. The third kappa shape index (κ3) is 3.83. The molecule has 0 saturated carbocycles. The number of rotatable bonds is 6. The molecule has 0 aliphatic carbocycles. The van der Waals surface area contributed by atoms with Crippen molar-refractivity contribution in [2.45, 2.75) is 51.0 Å². The molecule has 1 N–H and O–H groups in total. The smallest absolute Gasteiger partial charge is 0.253 e. The Morgan fingerprint density at radius 1 is 1.26 bits per heavy atom. The lowest BCUT2D eigenvalue weighted by Gasteiger charge is -2.13. The molecule has 0 fully saturated rings. The van der Waals surface area contributed by atoms with E-state index in [0.29, 0.717) is 6.54 Å².